The molecule has 0 spiro atoms. The molecular weight excluding hydrogens is 358 g/mol. The first kappa shape index (κ1) is 20.1. The molecule has 2 atom stereocenters. The first-order valence-electron chi connectivity index (χ1n) is 8.43. The number of anilines is 1. The minimum absolute atomic E-state index is 0.0609. The highest BCUT2D eigenvalue weighted by Gasteiger charge is 2.32. The second-order valence-corrected chi connectivity index (χ2v) is 6.24. The molecule has 0 bridgehead atoms. The second kappa shape index (κ2) is 8.43. The van der Waals surface area contributed by atoms with Crippen LogP contribution in [0.25, 0.3) is 0 Å². The third-order valence-electron chi connectivity index (χ3n) is 4.29. The summed E-state index contributed by atoms with van der Waals surface area (Å²) in [5.41, 5.74) is 2.64. The van der Waals surface area contributed by atoms with Crippen LogP contribution in [-0.4, -0.2) is 45.7 Å². The minimum atomic E-state index is -0.703. The van der Waals surface area contributed by atoms with Gasteiger partial charge in [0, 0.05) is 36.7 Å². The predicted molar refractivity (Wildman–Crippen MR) is 97.8 cm³/mol. The Hall–Kier alpha value is -3.24. The highest BCUT2D eigenvalue weighted by molar-refractivity contribution is 5.90. The SMILES string of the molecule is CCOC(=O)N1CC(C)C(=NNc2ccc([N+](=O)[O-])cc2[N+](=O)[O-])CC1C. The molecule has 0 radical (unpaired) electrons. The van der Waals surface area contributed by atoms with Gasteiger partial charge in [-0.05, 0) is 19.9 Å². The van der Waals surface area contributed by atoms with E-state index in [1.807, 2.05) is 13.8 Å². The lowest BCUT2D eigenvalue weighted by Crippen LogP contribution is -2.49. The Morgan fingerprint density at radius 2 is 2.04 bits per heavy atom. The van der Waals surface area contributed by atoms with Crippen LogP contribution < -0.4 is 5.43 Å². The zero-order chi connectivity index (χ0) is 20.1. The number of rotatable bonds is 5. The number of nitrogens with one attached hydrogen (secondary N) is 1. The Morgan fingerprint density at radius 1 is 1.33 bits per heavy atom. The van der Waals surface area contributed by atoms with Crippen LogP contribution in [0.15, 0.2) is 23.3 Å². The van der Waals surface area contributed by atoms with Crippen LogP contribution in [0.4, 0.5) is 21.9 Å². The Bertz CT molecular complexity index is 781. The van der Waals surface area contributed by atoms with Gasteiger partial charge in [-0.25, -0.2) is 4.79 Å². The molecule has 146 valence electrons. The fraction of sp³-hybridized carbons (Fsp3) is 0.500. The van der Waals surface area contributed by atoms with Gasteiger partial charge in [-0.3, -0.25) is 25.7 Å². The van der Waals surface area contributed by atoms with E-state index in [0.29, 0.717) is 19.6 Å². The van der Waals surface area contributed by atoms with Gasteiger partial charge in [0.1, 0.15) is 5.69 Å². The number of nitro groups is 2. The zero-order valence-electron chi connectivity index (χ0n) is 15.2. The fourth-order valence-corrected chi connectivity index (χ4v) is 2.82. The van der Waals surface area contributed by atoms with Gasteiger partial charge in [0.15, 0.2) is 0 Å². The molecule has 1 heterocycles. The van der Waals surface area contributed by atoms with Crippen molar-refractivity contribution in [2.24, 2.45) is 11.0 Å². The van der Waals surface area contributed by atoms with E-state index in [1.54, 1.807) is 11.8 Å². The molecule has 27 heavy (non-hydrogen) atoms. The van der Waals surface area contributed by atoms with Crippen molar-refractivity contribution in [3.8, 4) is 0 Å². The highest BCUT2D eigenvalue weighted by Crippen LogP contribution is 2.29. The lowest BCUT2D eigenvalue weighted by molar-refractivity contribution is -0.393. The molecule has 0 aliphatic carbocycles. The molecule has 1 fully saturated rings. The molecule has 2 unspecified atom stereocenters. The van der Waals surface area contributed by atoms with E-state index >= 15 is 0 Å². The maximum atomic E-state index is 12.0. The Kier molecular flexibility index (Phi) is 6.27. The molecule has 1 saturated heterocycles. The van der Waals surface area contributed by atoms with Gasteiger partial charge in [0.05, 0.1) is 22.5 Å². The molecule has 1 N–H and O–H groups in total. The summed E-state index contributed by atoms with van der Waals surface area (Å²) in [6.07, 6.45) is 0.100. The van der Waals surface area contributed by atoms with Crippen molar-refractivity contribution in [2.45, 2.75) is 33.2 Å². The number of amides is 1. The van der Waals surface area contributed by atoms with Crippen molar-refractivity contribution in [2.75, 3.05) is 18.6 Å². The summed E-state index contributed by atoms with van der Waals surface area (Å²) in [6.45, 7) is 6.21. The maximum Gasteiger partial charge on any atom is 0.410 e. The van der Waals surface area contributed by atoms with Gasteiger partial charge in [-0.15, -0.1) is 0 Å². The fourth-order valence-electron chi connectivity index (χ4n) is 2.82. The van der Waals surface area contributed by atoms with E-state index < -0.39 is 15.5 Å². The maximum absolute atomic E-state index is 12.0. The molecule has 1 aromatic carbocycles. The van der Waals surface area contributed by atoms with Crippen LogP contribution in [0.5, 0.6) is 0 Å². The van der Waals surface area contributed by atoms with E-state index in [2.05, 4.69) is 10.5 Å². The quantitative estimate of drug-likeness (QED) is 0.612. The summed E-state index contributed by atoms with van der Waals surface area (Å²) in [7, 11) is 0. The van der Waals surface area contributed by atoms with E-state index in [-0.39, 0.29) is 29.4 Å². The van der Waals surface area contributed by atoms with Crippen molar-refractivity contribution in [3.63, 3.8) is 0 Å². The molecule has 11 heteroatoms. The third kappa shape index (κ3) is 4.68. The van der Waals surface area contributed by atoms with Crippen molar-refractivity contribution in [1.29, 1.82) is 0 Å². The first-order chi connectivity index (χ1) is 12.7. The van der Waals surface area contributed by atoms with Crippen LogP contribution in [0.1, 0.15) is 27.2 Å². The average molecular weight is 379 g/mol. The van der Waals surface area contributed by atoms with E-state index in [9.17, 15) is 25.0 Å². The summed E-state index contributed by atoms with van der Waals surface area (Å²) in [4.78, 5) is 34.2. The molecule has 11 nitrogen and oxygen atoms in total. The number of non-ortho nitro benzene ring substituents is 1. The standard InChI is InChI=1S/C16H21N5O6/c1-4-27-16(22)19-9-10(2)14(7-11(19)3)18-17-13-6-5-12(20(23)24)8-15(13)21(25)26/h5-6,8,10-11,17H,4,7,9H2,1-3H3. The zero-order valence-corrected chi connectivity index (χ0v) is 15.2. The molecule has 1 aliphatic heterocycles. The molecule has 0 aromatic heterocycles. The monoisotopic (exact) mass is 379 g/mol. The number of nitrogens with zero attached hydrogens (tertiary/aromatic N) is 4. The van der Waals surface area contributed by atoms with Crippen molar-refractivity contribution >= 4 is 28.9 Å². The second-order valence-electron chi connectivity index (χ2n) is 6.24. The van der Waals surface area contributed by atoms with Crippen LogP contribution in [0.2, 0.25) is 0 Å². The first-order valence-corrected chi connectivity index (χ1v) is 8.43. The van der Waals surface area contributed by atoms with Gasteiger partial charge in [-0.2, -0.15) is 5.10 Å². The summed E-state index contributed by atoms with van der Waals surface area (Å²) < 4.78 is 5.04. The Labute approximate surface area is 155 Å². The predicted octanol–water partition coefficient (Wildman–Crippen LogP) is 3.16. The number of carbonyl (C=O) groups excluding carboxylic acids is 1. The summed E-state index contributed by atoms with van der Waals surface area (Å²) in [6, 6.07) is 3.18. The Morgan fingerprint density at radius 3 is 2.63 bits per heavy atom. The van der Waals surface area contributed by atoms with Crippen LogP contribution >= 0.6 is 0 Å². The highest BCUT2D eigenvalue weighted by atomic mass is 16.6. The molecule has 0 saturated carbocycles. The van der Waals surface area contributed by atoms with Gasteiger partial charge in [0.25, 0.3) is 5.69 Å². The summed E-state index contributed by atoms with van der Waals surface area (Å²) in [5.74, 6) is -0.0739. The number of carbonyl (C=O) groups is 1. The van der Waals surface area contributed by atoms with E-state index in [0.717, 1.165) is 11.8 Å². The van der Waals surface area contributed by atoms with Crippen LogP contribution in [-0.2, 0) is 4.74 Å². The number of piperidine rings is 1. The molecular formula is C16H21N5O6. The lowest BCUT2D eigenvalue weighted by Gasteiger charge is -2.36. The number of nitro benzene ring substituents is 2. The summed E-state index contributed by atoms with van der Waals surface area (Å²) in [5, 5.41) is 26.2. The number of hydrogen-bond acceptors (Lipinski definition) is 8. The molecule has 1 aromatic rings. The van der Waals surface area contributed by atoms with Crippen LogP contribution in [0, 0.1) is 26.1 Å². The van der Waals surface area contributed by atoms with Crippen molar-refractivity contribution < 1.29 is 19.4 Å². The number of benzene rings is 1. The lowest BCUT2D eigenvalue weighted by atomic mass is 9.93. The average Bonchev–Trinajstić information content (AvgIpc) is 2.61. The van der Waals surface area contributed by atoms with Gasteiger partial charge >= 0.3 is 11.8 Å². The summed E-state index contributed by atoms with van der Waals surface area (Å²) >= 11 is 0. The topological polar surface area (TPSA) is 140 Å². The molecule has 2 rings (SSSR count). The largest absolute Gasteiger partial charge is 0.450 e. The number of likely N-dealkylation sites (tertiary alicyclic amines) is 1. The van der Waals surface area contributed by atoms with Crippen molar-refractivity contribution in [1.82, 2.24) is 4.90 Å². The van der Waals surface area contributed by atoms with Gasteiger partial charge in [-0.1, -0.05) is 6.92 Å². The molecule has 1 aliphatic rings. The third-order valence-corrected chi connectivity index (χ3v) is 4.29. The smallest absolute Gasteiger partial charge is 0.410 e. The Balaban J connectivity index is 2.17. The molecule has 1 amide bonds. The number of ether oxygens (including phenoxy) is 1. The van der Waals surface area contributed by atoms with Crippen molar-refractivity contribution in [3.05, 3.63) is 38.4 Å². The van der Waals surface area contributed by atoms with Gasteiger partial charge < -0.3 is 9.64 Å². The number of hydrogen-bond donors (Lipinski definition) is 1. The minimum Gasteiger partial charge on any atom is -0.450 e. The number of hydrazone groups is 1. The van der Waals surface area contributed by atoms with E-state index in [4.69, 9.17) is 4.74 Å². The van der Waals surface area contributed by atoms with E-state index in [1.165, 1.54) is 12.1 Å². The van der Waals surface area contributed by atoms with Crippen LogP contribution in [0.3, 0.4) is 0 Å². The normalized spacial score (nSPS) is 21.0. The van der Waals surface area contributed by atoms with Gasteiger partial charge in [0.2, 0.25) is 0 Å².